The molecule has 0 aromatic heterocycles. The number of hydrogen-bond donors (Lipinski definition) is 2. The topological polar surface area (TPSA) is 88.1 Å². The molecule has 28 heavy (non-hydrogen) atoms. The number of carbonyl (C=O) groups is 1. The van der Waals surface area contributed by atoms with Gasteiger partial charge in [0.15, 0.2) is 11.6 Å². The minimum absolute atomic E-state index is 0.312. The summed E-state index contributed by atoms with van der Waals surface area (Å²) in [6.45, 7) is 0.846. The standard InChI is InChI=1S/C21H21F2N3O2/c22-18-6-5-16(12-19(18)23)15-3-1-14(2-4-15)11-17(13-24)26-20(27)21(25)7-9-28-10-8-21/h1-6,12,17H,7-11,25H2,(H,26,27)/t17-/m0/s1. The van der Waals surface area contributed by atoms with Gasteiger partial charge in [-0.3, -0.25) is 4.79 Å². The van der Waals surface area contributed by atoms with E-state index in [1.165, 1.54) is 6.07 Å². The molecule has 1 amide bonds. The lowest BCUT2D eigenvalue weighted by molar-refractivity contribution is -0.130. The number of rotatable bonds is 5. The molecule has 7 heteroatoms. The number of carbonyl (C=O) groups excluding carboxylic acids is 1. The van der Waals surface area contributed by atoms with E-state index in [1.54, 1.807) is 24.3 Å². The number of halogens is 2. The van der Waals surface area contributed by atoms with Gasteiger partial charge in [0.25, 0.3) is 0 Å². The maximum Gasteiger partial charge on any atom is 0.241 e. The van der Waals surface area contributed by atoms with Crippen molar-refractivity contribution in [2.75, 3.05) is 13.2 Å². The van der Waals surface area contributed by atoms with E-state index in [2.05, 4.69) is 11.4 Å². The maximum absolute atomic E-state index is 13.4. The molecule has 2 aromatic rings. The van der Waals surface area contributed by atoms with Gasteiger partial charge >= 0.3 is 0 Å². The molecule has 5 nitrogen and oxygen atoms in total. The van der Waals surface area contributed by atoms with Crippen molar-refractivity contribution in [3.8, 4) is 17.2 Å². The van der Waals surface area contributed by atoms with Gasteiger partial charge < -0.3 is 15.8 Å². The van der Waals surface area contributed by atoms with Gasteiger partial charge in [0.1, 0.15) is 6.04 Å². The Kier molecular flexibility index (Phi) is 6.02. The third-order valence-electron chi connectivity index (χ3n) is 4.95. The summed E-state index contributed by atoms with van der Waals surface area (Å²) in [5.74, 6) is -2.14. The second kappa shape index (κ2) is 8.46. The van der Waals surface area contributed by atoms with Gasteiger partial charge in [-0.1, -0.05) is 30.3 Å². The molecule has 0 saturated carbocycles. The van der Waals surface area contributed by atoms with Crippen LogP contribution in [0.5, 0.6) is 0 Å². The first-order chi connectivity index (χ1) is 13.4. The van der Waals surface area contributed by atoms with Crippen molar-refractivity contribution in [3.05, 3.63) is 59.7 Å². The number of nitrogens with one attached hydrogen (secondary N) is 1. The van der Waals surface area contributed by atoms with Crippen LogP contribution >= 0.6 is 0 Å². The average Bonchev–Trinajstić information content (AvgIpc) is 2.70. The number of benzene rings is 2. The molecule has 1 saturated heterocycles. The first-order valence-corrected chi connectivity index (χ1v) is 9.03. The highest BCUT2D eigenvalue weighted by molar-refractivity contribution is 5.86. The second-order valence-electron chi connectivity index (χ2n) is 6.95. The molecule has 1 atom stereocenters. The van der Waals surface area contributed by atoms with Crippen LogP contribution in [0.4, 0.5) is 8.78 Å². The van der Waals surface area contributed by atoms with Gasteiger partial charge in [0.2, 0.25) is 5.91 Å². The van der Waals surface area contributed by atoms with Crippen molar-refractivity contribution in [1.82, 2.24) is 5.32 Å². The molecule has 1 aliphatic heterocycles. The Morgan fingerprint density at radius 1 is 1.14 bits per heavy atom. The van der Waals surface area contributed by atoms with Crippen LogP contribution < -0.4 is 11.1 Å². The predicted octanol–water partition coefficient (Wildman–Crippen LogP) is 2.69. The summed E-state index contributed by atoms with van der Waals surface area (Å²) >= 11 is 0. The Morgan fingerprint density at radius 3 is 2.39 bits per heavy atom. The van der Waals surface area contributed by atoms with Crippen LogP contribution in [0.15, 0.2) is 42.5 Å². The van der Waals surface area contributed by atoms with Crippen molar-refractivity contribution in [2.45, 2.75) is 30.8 Å². The monoisotopic (exact) mass is 385 g/mol. The van der Waals surface area contributed by atoms with Crippen LogP contribution in [0, 0.1) is 23.0 Å². The molecule has 1 heterocycles. The zero-order valence-electron chi connectivity index (χ0n) is 15.3. The zero-order valence-corrected chi connectivity index (χ0v) is 15.3. The lowest BCUT2D eigenvalue weighted by Crippen LogP contribution is -2.58. The number of ether oxygens (including phenoxy) is 1. The molecule has 0 spiro atoms. The lowest BCUT2D eigenvalue weighted by Gasteiger charge is -2.32. The van der Waals surface area contributed by atoms with Crippen LogP contribution in [0.25, 0.3) is 11.1 Å². The van der Waals surface area contributed by atoms with E-state index in [-0.39, 0.29) is 5.91 Å². The second-order valence-corrected chi connectivity index (χ2v) is 6.95. The van der Waals surface area contributed by atoms with Crippen LogP contribution in [0.2, 0.25) is 0 Å². The van der Waals surface area contributed by atoms with Crippen LogP contribution in [0.1, 0.15) is 18.4 Å². The van der Waals surface area contributed by atoms with E-state index in [0.29, 0.717) is 38.0 Å². The molecular weight excluding hydrogens is 364 g/mol. The molecular formula is C21H21F2N3O2. The highest BCUT2D eigenvalue weighted by Gasteiger charge is 2.36. The van der Waals surface area contributed by atoms with Crippen molar-refractivity contribution in [1.29, 1.82) is 5.26 Å². The summed E-state index contributed by atoms with van der Waals surface area (Å²) in [5, 5.41) is 12.1. The Bertz CT molecular complexity index is 888. The van der Waals surface area contributed by atoms with Crippen molar-refractivity contribution >= 4 is 5.91 Å². The number of nitrogens with two attached hydrogens (primary N) is 1. The average molecular weight is 385 g/mol. The SMILES string of the molecule is N#C[C@H](Cc1ccc(-c2ccc(F)c(F)c2)cc1)NC(=O)C1(N)CCOCC1. The number of hydrogen-bond acceptors (Lipinski definition) is 4. The first-order valence-electron chi connectivity index (χ1n) is 9.03. The Morgan fingerprint density at radius 2 is 1.79 bits per heavy atom. The summed E-state index contributed by atoms with van der Waals surface area (Å²) in [6, 6.07) is 12.2. The van der Waals surface area contributed by atoms with Gasteiger partial charge in [-0.2, -0.15) is 5.26 Å². The number of nitriles is 1. The largest absolute Gasteiger partial charge is 0.381 e. The molecule has 2 aromatic carbocycles. The number of nitrogens with zero attached hydrogens (tertiary/aromatic N) is 1. The summed E-state index contributed by atoms with van der Waals surface area (Å²) in [7, 11) is 0. The molecule has 0 aliphatic carbocycles. The first kappa shape index (κ1) is 19.9. The van der Waals surface area contributed by atoms with E-state index in [1.807, 2.05) is 0 Å². The van der Waals surface area contributed by atoms with E-state index in [9.17, 15) is 18.8 Å². The zero-order chi connectivity index (χ0) is 20.1. The van der Waals surface area contributed by atoms with E-state index in [4.69, 9.17) is 10.5 Å². The Balaban J connectivity index is 1.65. The van der Waals surface area contributed by atoms with E-state index < -0.39 is 23.2 Å². The van der Waals surface area contributed by atoms with Crippen LogP contribution in [-0.4, -0.2) is 30.7 Å². The van der Waals surface area contributed by atoms with Crippen LogP contribution in [0.3, 0.4) is 0 Å². The molecule has 0 unspecified atom stereocenters. The minimum atomic E-state index is -1.01. The quantitative estimate of drug-likeness (QED) is 0.828. The molecule has 0 bridgehead atoms. The summed E-state index contributed by atoms with van der Waals surface area (Å²) < 4.78 is 31.7. The normalized spacial score (nSPS) is 16.8. The molecule has 1 aliphatic rings. The lowest BCUT2D eigenvalue weighted by atomic mass is 9.90. The third kappa shape index (κ3) is 4.53. The van der Waals surface area contributed by atoms with E-state index in [0.717, 1.165) is 23.3 Å². The van der Waals surface area contributed by atoms with Gasteiger partial charge in [-0.05, 0) is 41.7 Å². The van der Waals surface area contributed by atoms with Crippen molar-refractivity contribution in [3.63, 3.8) is 0 Å². The summed E-state index contributed by atoms with van der Waals surface area (Å²) in [6.07, 6.45) is 1.15. The minimum Gasteiger partial charge on any atom is -0.381 e. The summed E-state index contributed by atoms with van der Waals surface area (Å²) in [4.78, 5) is 12.5. The molecule has 3 rings (SSSR count). The fraction of sp³-hybridized carbons (Fsp3) is 0.333. The molecule has 1 fully saturated rings. The predicted molar refractivity (Wildman–Crippen MR) is 100 cm³/mol. The van der Waals surface area contributed by atoms with Gasteiger partial charge in [0, 0.05) is 19.6 Å². The Labute approximate surface area is 162 Å². The van der Waals surface area contributed by atoms with Gasteiger partial charge in [-0.15, -0.1) is 0 Å². The highest BCUT2D eigenvalue weighted by Crippen LogP contribution is 2.23. The third-order valence-corrected chi connectivity index (χ3v) is 4.95. The van der Waals surface area contributed by atoms with Crippen LogP contribution in [-0.2, 0) is 16.0 Å². The molecule has 146 valence electrons. The van der Waals surface area contributed by atoms with Gasteiger partial charge in [0.05, 0.1) is 11.6 Å². The molecule has 0 radical (unpaired) electrons. The maximum atomic E-state index is 13.4. The van der Waals surface area contributed by atoms with Crippen molar-refractivity contribution < 1.29 is 18.3 Å². The highest BCUT2D eigenvalue weighted by atomic mass is 19.2. The Hall–Kier alpha value is -2.82. The smallest absolute Gasteiger partial charge is 0.241 e. The van der Waals surface area contributed by atoms with Crippen molar-refractivity contribution in [2.24, 2.45) is 5.73 Å². The van der Waals surface area contributed by atoms with Gasteiger partial charge in [-0.25, -0.2) is 8.78 Å². The molecule has 3 N–H and O–H groups in total. The van der Waals surface area contributed by atoms with E-state index >= 15 is 0 Å². The fourth-order valence-corrected chi connectivity index (χ4v) is 3.14. The summed E-state index contributed by atoms with van der Waals surface area (Å²) in [5.41, 5.74) is 7.25. The fourth-order valence-electron chi connectivity index (χ4n) is 3.14. The number of amides is 1.